The zero-order chi connectivity index (χ0) is 13.0. The maximum Gasteiger partial charge on any atom is 0.203 e. The summed E-state index contributed by atoms with van der Waals surface area (Å²) in [6.07, 6.45) is 1.73. The van der Waals surface area contributed by atoms with Crippen LogP contribution in [-0.4, -0.2) is 18.3 Å². The van der Waals surface area contributed by atoms with E-state index in [1.54, 1.807) is 13.3 Å². The summed E-state index contributed by atoms with van der Waals surface area (Å²) in [5, 5.41) is 6.93. The third-order valence-corrected chi connectivity index (χ3v) is 3.90. The molecule has 94 valence electrons. The summed E-state index contributed by atoms with van der Waals surface area (Å²) in [6, 6.07) is 5.92. The van der Waals surface area contributed by atoms with Crippen LogP contribution in [0.5, 0.6) is 5.75 Å². The number of nitrogens with zero attached hydrogens (tertiary/aromatic N) is 2. The molecule has 0 saturated carbocycles. The largest absolute Gasteiger partial charge is 0.495 e. The monoisotopic (exact) mass is 373 g/mol. The van der Waals surface area contributed by atoms with Gasteiger partial charge in [0.05, 0.1) is 22.6 Å². The van der Waals surface area contributed by atoms with Gasteiger partial charge in [0, 0.05) is 10.9 Å². The standard InChI is InChI=1S/C12H12IN3OS/c1-8-7-18-12(15-8)16-14-6-9-4-3-5-10(13)11(9)17-2/h3-7H,1-2H3,(H,15,16). The first-order valence-corrected chi connectivity index (χ1v) is 7.20. The third-order valence-electron chi connectivity index (χ3n) is 2.18. The lowest BCUT2D eigenvalue weighted by Crippen LogP contribution is -1.95. The number of nitrogens with one attached hydrogen (secondary N) is 1. The van der Waals surface area contributed by atoms with Crippen LogP contribution in [0.2, 0.25) is 0 Å². The minimum Gasteiger partial charge on any atom is -0.495 e. The highest BCUT2D eigenvalue weighted by Gasteiger charge is 2.04. The lowest BCUT2D eigenvalue weighted by atomic mass is 10.2. The fourth-order valence-corrected chi connectivity index (χ4v) is 2.78. The van der Waals surface area contributed by atoms with Gasteiger partial charge in [0.1, 0.15) is 5.75 Å². The minimum atomic E-state index is 0.786. The molecule has 2 aromatic rings. The van der Waals surface area contributed by atoms with Crippen molar-refractivity contribution in [2.24, 2.45) is 5.10 Å². The van der Waals surface area contributed by atoms with E-state index < -0.39 is 0 Å². The van der Waals surface area contributed by atoms with E-state index in [1.165, 1.54) is 11.3 Å². The van der Waals surface area contributed by atoms with Crippen LogP contribution in [0, 0.1) is 10.5 Å². The molecule has 2 rings (SSSR count). The highest BCUT2D eigenvalue weighted by Crippen LogP contribution is 2.23. The predicted molar refractivity (Wildman–Crippen MR) is 83.8 cm³/mol. The summed E-state index contributed by atoms with van der Waals surface area (Å²) in [5.41, 5.74) is 4.83. The zero-order valence-corrected chi connectivity index (χ0v) is 12.9. The molecule has 0 saturated heterocycles. The van der Waals surface area contributed by atoms with Crippen molar-refractivity contribution in [2.75, 3.05) is 12.5 Å². The lowest BCUT2D eigenvalue weighted by molar-refractivity contribution is 0.411. The Morgan fingerprint density at radius 1 is 1.50 bits per heavy atom. The molecule has 0 amide bonds. The molecule has 0 aliphatic rings. The zero-order valence-electron chi connectivity index (χ0n) is 9.98. The second-order valence-electron chi connectivity index (χ2n) is 3.53. The van der Waals surface area contributed by atoms with Crippen molar-refractivity contribution in [3.05, 3.63) is 38.4 Å². The predicted octanol–water partition coefficient (Wildman–Crippen LogP) is 3.51. The van der Waals surface area contributed by atoms with Gasteiger partial charge in [0.25, 0.3) is 0 Å². The van der Waals surface area contributed by atoms with Crippen LogP contribution < -0.4 is 10.2 Å². The quantitative estimate of drug-likeness (QED) is 0.507. The van der Waals surface area contributed by atoms with Crippen LogP contribution in [0.4, 0.5) is 5.13 Å². The highest BCUT2D eigenvalue weighted by atomic mass is 127. The maximum absolute atomic E-state index is 5.34. The Hall–Kier alpha value is -1.15. The van der Waals surface area contributed by atoms with Crippen molar-refractivity contribution in [2.45, 2.75) is 6.92 Å². The molecule has 0 radical (unpaired) electrons. The van der Waals surface area contributed by atoms with Crippen molar-refractivity contribution in [3.63, 3.8) is 0 Å². The van der Waals surface area contributed by atoms with Gasteiger partial charge >= 0.3 is 0 Å². The van der Waals surface area contributed by atoms with E-state index in [1.807, 2.05) is 30.5 Å². The van der Waals surface area contributed by atoms with Crippen molar-refractivity contribution < 1.29 is 4.74 Å². The average Bonchev–Trinajstić information content (AvgIpc) is 2.75. The molecule has 0 aliphatic heterocycles. The SMILES string of the molecule is COc1c(I)cccc1C=NNc1nc(C)cs1. The minimum absolute atomic E-state index is 0.786. The molecule has 4 nitrogen and oxygen atoms in total. The van der Waals surface area contributed by atoms with E-state index in [0.29, 0.717) is 0 Å². The second kappa shape index (κ2) is 6.14. The van der Waals surface area contributed by atoms with Crippen molar-refractivity contribution >= 4 is 45.3 Å². The number of anilines is 1. The van der Waals surface area contributed by atoms with Gasteiger partial charge < -0.3 is 4.74 Å². The molecule has 1 aromatic heterocycles. The van der Waals surface area contributed by atoms with Crippen LogP contribution in [0.1, 0.15) is 11.3 Å². The number of aromatic nitrogens is 1. The van der Waals surface area contributed by atoms with Crippen LogP contribution in [-0.2, 0) is 0 Å². The molecule has 1 heterocycles. The number of hydrogen-bond acceptors (Lipinski definition) is 5. The smallest absolute Gasteiger partial charge is 0.203 e. The second-order valence-corrected chi connectivity index (χ2v) is 5.55. The fraction of sp³-hybridized carbons (Fsp3) is 0.167. The topological polar surface area (TPSA) is 46.5 Å². The van der Waals surface area contributed by atoms with Gasteiger partial charge in [-0.15, -0.1) is 11.3 Å². The van der Waals surface area contributed by atoms with Crippen molar-refractivity contribution in [1.29, 1.82) is 0 Å². The summed E-state index contributed by atoms with van der Waals surface area (Å²) < 4.78 is 6.40. The number of thiazole rings is 1. The number of hydrazone groups is 1. The molecule has 1 N–H and O–H groups in total. The van der Waals surface area contributed by atoms with E-state index in [-0.39, 0.29) is 0 Å². The summed E-state index contributed by atoms with van der Waals surface area (Å²) in [7, 11) is 1.66. The molecule has 0 fully saturated rings. The molecule has 18 heavy (non-hydrogen) atoms. The number of para-hydroxylation sites is 1. The van der Waals surface area contributed by atoms with Gasteiger partial charge in [-0.1, -0.05) is 6.07 Å². The van der Waals surface area contributed by atoms with Gasteiger partial charge in [-0.25, -0.2) is 4.98 Å². The van der Waals surface area contributed by atoms with Crippen LogP contribution >= 0.6 is 33.9 Å². The number of halogens is 1. The summed E-state index contributed by atoms with van der Waals surface area (Å²) >= 11 is 3.76. The van der Waals surface area contributed by atoms with Gasteiger partial charge in [-0.2, -0.15) is 5.10 Å². The molecular weight excluding hydrogens is 361 g/mol. The Labute approximate surface area is 123 Å². The van der Waals surface area contributed by atoms with E-state index in [0.717, 1.165) is 25.7 Å². The van der Waals surface area contributed by atoms with E-state index in [9.17, 15) is 0 Å². The van der Waals surface area contributed by atoms with Crippen LogP contribution in [0.3, 0.4) is 0 Å². The number of methoxy groups -OCH3 is 1. The lowest BCUT2D eigenvalue weighted by Gasteiger charge is -2.05. The van der Waals surface area contributed by atoms with Gasteiger partial charge in [0.2, 0.25) is 5.13 Å². The molecular formula is C12H12IN3OS. The number of benzene rings is 1. The Morgan fingerprint density at radius 2 is 2.33 bits per heavy atom. The van der Waals surface area contributed by atoms with Crippen LogP contribution in [0.15, 0.2) is 28.7 Å². The van der Waals surface area contributed by atoms with Crippen molar-refractivity contribution in [3.8, 4) is 5.75 Å². The average molecular weight is 373 g/mol. The van der Waals surface area contributed by atoms with E-state index in [2.05, 4.69) is 38.1 Å². The number of rotatable bonds is 4. The van der Waals surface area contributed by atoms with Gasteiger partial charge in [-0.3, -0.25) is 5.43 Å². The summed E-state index contributed by atoms with van der Waals surface area (Å²) in [4.78, 5) is 4.26. The number of aryl methyl sites for hydroxylation is 1. The molecule has 0 atom stereocenters. The highest BCUT2D eigenvalue weighted by molar-refractivity contribution is 14.1. The Balaban J connectivity index is 2.11. The third kappa shape index (κ3) is 3.20. The first kappa shape index (κ1) is 13.3. The number of ether oxygens (including phenoxy) is 1. The summed E-state index contributed by atoms with van der Waals surface area (Å²) in [5.74, 6) is 0.832. The molecule has 6 heteroatoms. The Morgan fingerprint density at radius 3 is 3.00 bits per heavy atom. The van der Waals surface area contributed by atoms with Crippen LogP contribution in [0.25, 0.3) is 0 Å². The fourth-order valence-electron chi connectivity index (χ4n) is 1.40. The first-order valence-electron chi connectivity index (χ1n) is 5.24. The first-order chi connectivity index (χ1) is 8.70. The summed E-state index contributed by atoms with van der Waals surface area (Å²) in [6.45, 7) is 1.95. The van der Waals surface area contributed by atoms with Crippen molar-refractivity contribution in [1.82, 2.24) is 4.98 Å². The molecule has 0 bridgehead atoms. The normalized spacial score (nSPS) is 10.8. The molecule has 0 unspecified atom stereocenters. The van der Waals surface area contributed by atoms with E-state index >= 15 is 0 Å². The Kier molecular flexibility index (Phi) is 4.54. The maximum atomic E-state index is 5.34. The van der Waals surface area contributed by atoms with Gasteiger partial charge in [-0.05, 0) is 41.6 Å². The van der Waals surface area contributed by atoms with E-state index in [4.69, 9.17) is 4.74 Å². The van der Waals surface area contributed by atoms with Gasteiger partial charge in [0.15, 0.2) is 0 Å². The molecule has 0 spiro atoms. The molecule has 0 aliphatic carbocycles. The molecule has 1 aromatic carbocycles. The number of hydrogen-bond donors (Lipinski definition) is 1. The Bertz CT molecular complexity index is 568.